The number of nitrogens with one attached hydrogen (secondary N) is 2. The zero-order valence-electron chi connectivity index (χ0n) is 11.6. The van der Waals surface area contributed by atoms with Crippen molar-refractivity contribution in [2.45, 2.75) is 32.4 Å². The van der Waals surface area contributed by atoms with Gasteiger partial charge in [-0.05, 0) is 11.6 Å². The van der Waals surface area contributed by atoms with Crippen LogP contribution in [0.15, 0.2) is 30.5 Å². The highest BCUT2D eigenvalue weighted by atomic mass is 16.5. The molecule has 0 saturated heterocycles. The molecule has 0 aliphatic carbocycles. The molecule has 0 radical (unpaired) electrons. The summed E-state index contributed by atoms with van der Waals surface area (Å²) in [5.41, 5.74) is 2.21. The number of methoxy groups -OCH3 is 1. The molecule has 0 spiro atoms. The molecule has 1 aromatic heterocycles. The fraction of sp³-hybridized carbons (Fsp3) is 0.400. The summed E-state index contributed by atoms with van der Waals surface area (Å²) in [7, 11) is 1.42. The third kappa shape index (κ3) is 3.15. The van der Waals surface area contributed by atoms with Crippen molar-refractivity contribution in [3.05, 3.63) is 36.0 Å². The lowest BCUT2D eigenvalue weighted by atomic mass is 10.0. The topological polar surface area (TPSA) is 54.1 Å². The Hall–Kier alpha value is -1.81. The first-order chi connectivity index (χ1) is 9.11. The predicted molar refractivity (Wildman–Crippen MR) is 76.1 cm³/mol. The van der Waals surface area contributed by atoms with Crippen LogP contribution in [-0.2, 0) is 16.0 Å². The Bertz CT molecular complexity index is 560. The van der Waals surface area contributed by atoms with Gasteiger partial charge in [-0.3, -0.25) is 4.79 Å². The number of para-hydroxylation sites is 1. The standard InChI is InChI=1S/C15H20N2O2/c1-10(2)17-14(15(18)19-3)8-11-9-16-13-7-5-4-6-12(11)13/h4-7,9-10,14,16-17H,8H2,1-3H3/t14-/m0/s1. The van der Waals surface area contributed by atoms with Crippen LogP contribution in [0, 0.1) is 0 Å². The molecular formula is C15H20N2O2. The zero-order valence-corrected chi connectivity index (χ0v) is 11.6. The average Bonchev–Trinajstić information content (AvgIpc) is 2.80. The highest BCUT2D eigenvalue weighted by molar-refractivity contribution is 5.84. The second-order valence-corrected chi connectivity index (χ2v) is 4.96. The zero-order chi connectivity index (χ0) is 13.8. The maximum atomic E-state index is 11.8. The van der Waals surface area contributed by atoms with Crippen LogP contribution in [0.2, 0.25) is 0 Å². The van der Waals surface area contributed by atoms with Gasteiger partial charge in [0.2, 0.25) is 0 Å². The Morgan fingerprint density at radius 3 is 2.79 bits per heavy atom. The van der Waals surface area contributed by atoms with E-state index >= 15 is 0 Å². The van der Waals surface area contributed by atoms with E-state index in [1.165, 1.54) is 7.11 Å². The summed E-state index contributed by atoms with van der Waals surface area (Å²) in [5, 5.41) is 4.40. The number of benzene rings is 1. The molecule has 0 amide bonds. The number of hydrogen-bond donors (Lipinski definition) is 2. The number of carbonyl (C=O) groups excluding carboxylic acids is 1. The van der Waals surface area contributed by atoms with E-state index in [1.54, 1.807) is 0 Å². The summed E-state index contributed by atoms with van der Waals surface area (Å²) in [5.74, 6) is -0.223. The molecule has 1 atom stereocenters. The molecule has 2 rings (SSSR count). The van der Waals surface area contributed by atoms with Crippen LogP contribution >= 0.6 is 0 Å². The van der Waals surface area contributed by atoms with Crippen LogP contribution in [0.3, 0.4) is 0 Å². The quantitative estimate of drug-likeness (QED) is 0.811. The van der Waals surface area contributed by atoms with E-state index in [2.05, 4.69) is 16.4 Å². The Balaban J connectivity index is 2.23. The van der Waals surface area contributed by atoms with Gasteiger partial charge in [-0.25, -0.2) is 0 Å². The molecule has 0 unspecified atom stereocenters. The fourth-order valence-electron chi connectivity index (χ4n) is 2.28. The number of carbonyl (C=O) groups is 1. The minimum Gasteiger partial charge on any atom is -0.468 e. The van der Waals surface area contributed by atoms with Gasteiger partial charge in [0, 0.05) is 29.6 Å². The first-order valence-electron chi connectivity index (χ1n) is 6.50. The van der Waals surface area contributed by atoms with Crippen molar-refractivity contribution < 1.29 is 9.53 Å². The van der Waals surface area contributed by atoms with Crippen molar-refractivity contribution >= 4 is 16.9 Å². The van der Waals surface area contributed by atoms with E-state index in [0.717, 1.165) is 16.5 Å². The van der Waals surface area contributed by atoms with Crippen molar-refractivity contribution in [2.75, 3.05) is 7.11 Å². The molecule has 0 saturated carbocycles. The second kappa shape index (κ2) is 5.89. The number of H-pyrrole nitrogens is 1. The van der Waals surface area contributed by atoms with E-state index in [4.69, 9.17) is 4.74 Å². The maximum absolute atomic E-state index is 11.8. The molecule has 0 aliphatic rings. The molecule has 1 heterocycles. The summed E-state index contributed by atoms with van der Waals surface area (Å²) in [4.78, 5) is 15.0. The minimum absolute atomic E-state index is 0.223. The molecule has 2 N–H and O–H groups in total. The minimum atomic E-state index is -0.316. The van der Waals surface area contributed by atoms with Crippen LogP contribution in [0.5, 0.6) is 0 Å². The Labute approximate surface area is 113 Å². The lowest BCUT2D eigenvalue weighted by Gasteiger charge is -2.18. The number of hydrogen-bond acceptors (Lipinski definition) is 3. The predicted octanol–water partition coefficient (Wildman–Crippen LogP) is 2.25. The smallest absolute Gasteiger partial charge is 0.323 e. The molecular weight excluding hydrogens is 240 g/mol. The van der Waals surface area contributed by atoms with Gasteiger partial charge in [0.15, 0.2) is 0 Å². The van der Waals surface area contributed by atoms with Crippen LogP contribution in [0.4, 0.5) is 0 Å². The lowest BCUT2D eigenvalue weighted by molar-refractivity contribution is -0.143. The summed E-state index contributed by atoms with van der Waals surface area (Å²) in [6, 6.07) is 8.00. The first kappa shape index (κ1) is 13.6. The number of aromatic nitrogens is 1. The van der Waals surface area contributed by atoms with E-state index < -0.39 is 0 Å². The van der Waals surface area contributed by atoms with Crippen LogP contribution in [-0.4, -0.2) is 30.1 Å². The molecule has 0 aliphatic heterocycles. The highest BCUT2D eigenvalue weighted by Gasteiger charge is 2.21. The number of fused-ring (bicyclic) bond motifs is 1. The summed E-state index contributed by atoms with van der Waals surface area (Å²) in [6.07, 6.45) is 2.58. The Morgan fingerprint density at radius 2 is 2.11 bits per heavy atom. The van der Waals surface area contributed by atoms with Crippen LogP contribution < -0.4 is 5.32 Å². The largest absolute Gasteiger partial charge is 0.468 e. The van der Waals surface area contributed by atoms with Crippen LogP contribution in [0.25, 0.3) is 10.9 Å². The van der Waals surface area contributed by atoms with Gasteiger partial charge in [0.1, 0.15) is 6.04 Å². The van der Waals surface area contributed by atoms with E-state index in [0.29, 0.717) is 6.42 Å². The van der Waals surface area contributed by atoms with Gasteiger partial charge in [0.05, 0.1) is 7.11 Å². The SMILES string of the molecule is COC(=O)[C@H](Cc1c[nH]c2ccccc12)NC(C)C. The van der Waals surface area contributed by atoms with Gasteiger partial charge in [-0.1, -0.05) is 32.0 Å². The van der Waals surface area contributed by atoms with E-state index in [9.17, 15) is 4.79 Å². The summed E-state index contributed by atoms with van der Waals surface area (Å²) in [6.45, 7) is 4.04. The van der Waals surface area contributed by atoms with Gasteiger partial charge < -0.3 is 15.0 Å². The maximum Gasteiger partial charge on any atom is 0.323 e. The lowest BCUT2D eigenvalue weighted by Crippen LogP contribution is -2.43. The molecule has 19 heavy (non-hydrogen) atoms. The third-order valence-electron chi connectivity index (χ3n) is 3.12. The molecule has 0 bridgehead atoms. The van der Waals surface area contributed by atoms with Crippen molar-refractivity contribution in [3.8, 4) is 0 Å². The summed E-state index contributed by atoms with van der Waals surface area (Å²) >= 11 is 0. The molecule has 2 aromatic rings. The van der Waals surface area contributed by atoms with Gasteiger partial charge in [-0.15, -0.1) is 0 Å². The Morgan fingerprint density at radius 1 is 1.37 bits per heavy atom. The number of esters is 1. The number of rotatable bonds is 5. The normalized spacial score (nSPS) is 12.8. The fourth-order valence-corrected chi connectivity index (χ4v) is 2.28. The Kier molecular flexibility index (Phi) is 4.22. The van der Waals surface area contributed by atoms with E-state index in [-0.39, 0.29) is 18.1 Å². The summed E-state index contributed by atoms with van der Waals surface area (Å²) < 4.78 is 4.86. The van der Waals surface area contributed by atoms with Crippen LogP contribution in [0.1, 0.15) is 19.4 Å². The molecule has 4 nitrogen and oxygen atoms in total. The van der Waals surface area contributed by atoms with Crippen molar-refractivity contribution in [2.24, 2.45) is 0 Å². The highest BCUT2D eigenvalue weighted by Crippen LogP contribution is 2.19. The molecule has 102 valence electrons. The van der Waals surface area contributed by atoms with Crippen molar-refractivity contribution in [3.63, 3.8) is 0 Å². The van der Waals surface area contributed by atoms with Crippen molar-refractivity contribution in [1.29, 1.82) is 0 Å². The van der Waals surface area contributed by atoms with Gasteiger partial charge >= 0.3 is 5.97 Å². The average molecular weight is 260 g/mol. The number of aromatic amines is 1. The van der Waals surface area contributed by atoms with E-state index in [1.807, 2.05) is 38.2 Å². The van der Waals surface area contributed by atoms with Gasteiger partial charge in [0.25, 0.3) is 0 Å². The monoisotopic (exact) mass is 260 g/mol. The first-order valence-corrected chi connectivity index (χ1v) is 6.50. The van der Waals surface area contributed by atoms with Gasteiger partial charge in [-0.2, -0.15) is 0 Å². The molecule has 4 heteroatoms. The second-order valence-electron chi connectivity index (χ2n) is 4.96. The third-order valence-corrected chi connectivity index (χ3v) is 3.12. The molecule has 1 aromatic carbocycles. The van der Waals surface area contributed by atoms with Crippen molar-refractivity contribution in [1.82, 2.24) is 10.3 Å². The number of ether oxygens (including phenoxy) is 1. The molecule has 0 fully saturated rings.